The van der Waals surface area contributed by atoms with Gasteiger partial charge in [-0.15, -0.1) is 0 Å². The minimum atomic E-state index is -0.360. The van der Waals surface area contributed by atoms with Crippen LogP contribution in [0.3, 0.4) is 0 Å². The second kappa shape index (κ2) is 6.41. The number of aryl methyl sites for hydroxylation is 1. The smallest absolute Gasteiger partial charge is 0.146 e. The largest absolute Gasteiger partial charge is 0.409 e. The molecule has 1 rings (SSSR count). The topological polar surface area (TPSA) is 70.6 Å². The lowest BCUT2D eigenvalue weighted by Gasteiger charge is -2.22. The number of hydrogen-bond donors (Lipinski definition) is 3. The summed E-state index contributed by atoms with van der Waals surface area (Å²) in [6.45, 7) is 6.34. The molecule has 0 atom stereocenters. The van der Waals surface area contributed by atoms with E-state index in [0.717, 1.165) is 18.4 Å². The fourth-order valence-corrected chi connectivity index (χ4v) is 1.86. The first-order valence-corrected chi connectivity index (χ1v) is 6.35. The maximum Gasteiger partial charge on any atom is 0.146 e. The molecule has 0 fully saturated rings. The van der Waals surface area contributed by atoms with E-state index in [-0.39, 0.29) is 17.1 Å². The van der Waals surface area contributed by atoms with Crippen molar-refractivity contribution in [3.8, 4) is 0 Å². The molecule has 0 bridgehead atoms. The average molecular weight is 267 g/mol. The van der Waals surface area contributed by atoms with Gasteiger partial charge in [0, 0.05) is 12.0 Å². The molecule has 1 aromatic carbocycles. The van der Waals surface area contributed by atoms with Crippen LogP contribution in [-0.4, -0.2) is 17.6 Å². The number of rotatable bonds is 6. The van der Waals surface area contributed by atoms with Gasteiger partial charge < -0.3 is 16.3 Å². The zero-order valence-corrected chi connectivity index (χ0v) is 11.7. The molecule has 4 N–H and O–H groups in total. The minimum absolute atomic E-state index is 0.217. The van der Waals surface area contributed by atoms with Crippen LogP contribution in [0.1, 0.15) is 32.3 Å². The van der Waals surface area contributed by atoms with Gasteiger partial charge in [-0.1, -0.05) is 31.1 Å². The zero-order chi connectivity index (χ0) is 14.5. The summed E-state index contributed by atoms with van der Waals surface area (Å²) in [6, 6.07) is 5.00. The van der Waals surface area contributed by atoms with Gasteiger partial charge in [0.1, 0.15) is 11.7 Å². The van der Waals surface area contributed by atoms with E-state index in [9.17, 15) is 4.39 Å². The first-order chi connectivity index (χ1) is 8.88. The first kappa shape index (κ1) is 15.3. The van der Waals surface area contributed by atoms with Gasteiger partial charge in [-0.05, 0) is 31.4 Å². The molecule has 0 saturated heterocycles. The number of amidine groups is 1. The maximum absolute atomic E-state index is 13.6. The van der Waals surface area contributed by atoms with Crippen molar-refractivity contribution in [2.75, 3.05) is 11.9 Å². The molecule has 0 aliphatic carbocycles. The van der Waals surface area contributed by atoms with E-state index >= 15 is 0 Å². The van der Waals surface area contributed by atoms with Crippen LogP contribution in [0.15, 0.2) is 23.4 Å². The molecule has 0 amide bonds. The van der Waals surface area contributed by atoms with Crippen LogP contribution in [-0.2, 0) is 0 Å². The maximum atomic E-state index is 13.6. The van der Waals surface area contributed by atoms with Gasteiger partial charge in [-0.2, -0.15) is 0 Å². The molecule has 0 saturated carbocycles. The predicted molar refractivity (Wildman–Crippen MR) is 76.1 cm³/mol. The number of nitrogens with two attached hydrogens (primary N) is 1. The molecule has 0 heterocycles. The first-order valence-electron chi connectivity index (χ1n) is 6.35. The summed E-state index contributed by atoms with van der Waals surface area (Å²) in [7, 11) is 0. The third-order valence-corrected chi connectivity index (χ3v) is 3.30. The molecule has 0 radical (unpaired) electrons. The molecule has 0 aliphatic rings. The summed E-state index contributed by atoms with van der Waals surface area (Å²) in [4.78, 5) is 0. The van der Waals surface area contributed by atoms with Crippen molar-refractivity contribution in [1.29, 1.82) is 0 Å². The van der Waals surface area contributed by atoms with Crippen molar-refractivity contribution in [3.63, 3.8) is 0 Å². The average Bonchev–Trinajstić information content (AvgIpc) is 2.36. The number of oxime groups is 1. The third kappa shape index (κ3) is 4.12. The van der Waals surface area contributed by atoms with Crippen molar-refractivity contribution >= 4 is 11.5 Å². The van der Waals surface area contributed by atoms with Gasteiger partial charge in [-0.25, -0.2) is 4.39 Å². The highest BCUT2D eigenvalue weighted by Crippen LogP contribution is 2.23. The van der Waals surface area contributed by atoms with Crippen molar-refractivity contribution in [3.05, 3.63) is 29.6 Å². The number of halogens is 1. The van der Waals surface area contributed by atoms with Gasteiger partial charge in [0.15, 0.2) is 0 Å². The summed E-state index contributed by atoms with van der Waals surface area (Å²) in [5, 5.41) is 14.8. The lowest BCUT2D eigenvalue weighted by Crippen LogP contribution is -2.32. The Morgan fingerprint density at radius 2 is 2.16 bits per heavy atom. The second-order valence-corrected chi connectivity index (χ2v) is 5.33. The quantitative estimate of drug-likeness (QED) is 0.244. The Balaban J connectivity index is 2.48. The van der Waals surface area contributed by atoms with Gasteiger partial charge in [0.05, 0.1) is 5.69 Å². The van der Waals surface area contributed by atoms with Crippen LogP contribution in [0.5, 0.6) is 0 Å². The normalized spacial score (nSPS) is 12.5. The molecular formula is C14H22FN3O. The van der Waals surface area contributed by atoms with Crippen molar-refractivity contribution in [1.82, 2.24) is 0 Å². The van der Waals surface area contributed by atoms with E-state index in [2.05, 4.69) is 10.5 Å². The fraction of sp³-hybridized carbons (Fsp3) is 0.500. The summed E-state index contributed by atoms with van der Waals surface area (Å²) >= 11 is 0. The Hall–Kier alpha value is -1.78. The molecule has 4 nitrogen and oxygen atoms in total. The zero-order valence-electron chi connectivity index (χ0n) is 11.7. The SMILES string of the molecule is Cc1cccc(F)c1NCCCC(C)(C)/C(N)=N/O. The van der Waals surface area contributed by atoms with E-state index in [0.29, 0.717) is 12.2 Å². The molecule has 19 heavy (non-hydrogen) atoms. The van der Waals surface area contributed by atoms with Crippen LogP contribution >= 0.6 is 0 Å². The van der Waals surface area contributed by atoms with Gasteiger partial charge in [-0.3, -0.25) is 0 Å². The van der Waals surface area contributed by atoms with E-state index in [4.69, 9.17) is 10.9 Å². The second-order valence-electron chi connectivity index (χ2n) is 5.33. The predicted octanol–water partition coefficient (Wildman–Crippen LogP) is 3.10. The fourth-order valence-electron chi connectivity index (χ4n) is 1.86. The molecule has 0 aromatic heterocycles. The molecular weight excluding hydrogens is 245 g/mol. The summed E-state index contributed by atoms with van der Waals surface area (Å²) in [6.07, 6.45) is 1.56. The Kier molecular flexibility index (Phi) is 5.15. The number of anilines is 1. The van der Waals surface area contributed by atoms with Crippen LogP contribution in [0.2, 0.25) is 0 Å². The van der Waals surface area contributed by atoms with Crippen LogP contribution in [0.4, 0.5) is 10.1 Å². The highest BCUT2D eigenvalue weighted by molar-refractivity contribution is 5.85. The van der Waals surface area contributed by atoms with E-state index in [1.165, 1.54) is 6.07 Å². The van der Waals surface area contributed by atoms with Gasteiger partial charge >= 0.3 is 0 Å². The van der Waals surface area contributed by atoms with Gasteiger partial charge in [0.25, 0.3) is 0 Å². The lowest BCUT2D eigenvalue weighted by atomic mass is 9.86. The number of benzene rings is 1. The molecule has 0 aliphatic heterocycles. The van der Waals surface area contributed by atoms with E-state index in [1.54, 1.807) is 6.07 Å². The van der Waals surface area contributed by atoms with Crippen molar-refractivity contribution < 1.29 is 9.60 Å². The molecule has 5 heteroatoms. The van der Waals surface area contributed by atoms with Crippen molar-refractivity contribution in [2.45, 2.75) is 33.6 Å². The number of nitrogens with zero attached hydrogens (tertiary/aromatic N) is 1. The Morgan fingerprint density at radius 3 is 2.74 bits per heavy atom. The van der Waals surface area contributed by atoms with E-state index < -0.39 is 0 Å². The standard InChI is InChI=1S/C14H22FN3O/c1-10-6-4-7-11(15)12(10)17-9-5-8-14(2,3)13(16)18-19/h4,6-7,17,19H,5,8-9H2,1-3H3,(H2,16,18). The lowest BCUT2D eigenvalue weighted by molar-refractivity contribution is 0.305. The highest BCUT2D eigenvalue weighted by atomic mass is 19.1. The van der Waals surface area contributed by atoms with Crippen LogP contribution < -0.4 is 11.1 Å². The van der Waals surface area contributed by atoms with Crippen LogP contribution in [0.25, 0.3) is 0 Å². The molecule has 1 aromatic rings. The summed E-state index contributed by atoms with van der Waals surface area (Å²) in [5.41, 5.74) is 6.68. The minimum Gasteiger partial charge on any atom is -0.409 e. The summed E-state index contributed by atoms with van der Waals surface area (Å²) < 4.78 is 13.6. The Bertz CT molecular complexity index is 438. The summed E-state index contributed by atoms with van der Waals surface area (Å²) in [5.74, 6) is -0.0229. The molecule has 0 spiro atoms. The molecule has 106 valence electrons. The molecule has 0 unspecified atom stereocenters. The third-order valence-electron chi connectivity index (χ3n) is 3.30. The monoisotopic (exact) mass is 267 g/mol. The number of para-hydroxylation sites is 1. The highest BCUT2D eigenvalue weighted by Gasteiger charge is 2.22. The number of nitrogens with one attached hydrogen (secondary N) is 1. The van der Waals surface area contributed by atoms with E-state index in [1.807, 2.05) is 26.8 Å². The Labute approximate surface area is 113 Å². The Morgan fingerprint density at radius 1 is 1.47 bits per heavy atom. The number of hydrogen-bond acceptors (Lipinski definition) is 3. The van der Waals surface area contributed by atoms with Gasteiger partial charge in [0.2, 0.25) is 0 Å². The van der Waals surface area contributed by atoms with Crippen LogP contribution in [0, 0.1) is 18.2 Å². The van der Waals surface area contributed by atoms with Crippen molar-refractivity contribution in [2.24, 2.45) is 16.3 Å².